The van der Waals surface area contributed by atoms with E-state index >= 15 is 0 Å². The highest BCUT2D eigenvalue weighted by Crippen LogP contribution is 2.19. The van der Waals surface area contributed by atoms with Crippen LogP contribution in [0.2, 0.25) is 0 Å². The Morgan fingerprint density at radius 3 is 2.00 bits per heavy atom. The summed E-state index contributed by atoms with van der Waals surface area (Å²) in [6.45, 7) is 1.50. The predicted molar refractivity (Wildman–Crippen MR) is 118 cm³/mol. The molecule has 0 saturated carbocycles. The molecular weight excluding hydrogens is 394 g/mol. The number of hydrogen-bond acceptors (Lipinski definition) is 5. The van der Waals surface area contributed by atoms with Gasteiger partial charge in [0.1, 0.15) is 5.75 Å². The van der Waals surface area contributed by atoms with Gasteiger partial charge in [-0.1, -0.05) is 30.3 Å². The molecule has 31 heavy (non-hydrogen) atoms. The summed E-state index contributed by atoms with van der Waals surface area (Å²) in [5, 5.41) is 0. The van der Waals surface area contributed by atoms with E-state index in [2.05, 4.69) is 0 Å². The minimum absolute atomic E-state index is 0.102. The van der Waals surface area contributed by atoms with Crippen molar-refractivity contribution in [3.05, 3.63) is 95.6 Å². The van der Waals surface area contributed by atoms with Crippen molar-refractivity contribution in [3.8, 4) is 5.75 Å². The van der Waals surface area contributed by atoms with Gasteiger partial charge in [0.2, 0.25) is 5.78 Å². The lowest BCUT2D eigenvalue weighted by molar-refractivity contribution is 0.0317. The Hall–Kier alpha value is -3.93. The van der Waals surface area contributed by atoms with Crippen molar-refractivity contribution in [2.75, 3.05) is 19.1 Å². The highest BCUT2D eigenvalue weighted by Gasteiger charge is 2.25. The number of ketones is 1. The van der Waals surface area contributed by atoms with Crippen molar-refractivity contribution >= 4 is 23.3 Å². The van der Waals surface area contributed by atoms with Crippen LogP contribution in [0, 0.1) is 0 Å². The van der Waals surface area contributed by atoms with Gasteiger partial charge in [0, 0.05) is 18.3 Å². The monoisotopic (exact) mass is 417 g/mol. The lowest BCUT2D eigenvalue weighted by atomic mass is 10.0. The van der Waals surface area contributed by atoms with Crippen LogP contribution in [0.15, 0.2) is 78.9 Å². The summed E-state index contributed by atoms with van der Waals surface area (Å²) < 4.78 is 10.5. The van der Waals surface area contributed by atoms with Crippen molar-refractivity contribution in [1.29, 1.82) is 0 Å². The first-order valence-electron chi connectivity index (χ1n) is 9.73. The summed E-state index contributed by atoms with van der Waals surface area (Å²) in [7, 11) is 3.17. The second-order valence-corrected chi connectivity index (χ2v) is 6.89. The molecule has 1 atom stereocenters. The molecule has 1 amide bonds. The minimum atomic E-state index is -1.02. The van der Waals surface area contributed by atoms with E-state index in [4.69, 9.17) is 9.47 Å². The number of carbonyl (C=O) groups excluding carboxylic acids is 3. The molecule has 0 spiro atoms. The molecule has 0 N–H and O–H groups in total. The van der Waals surface area contributed by atoms with Gasteiger partial charge in [-0.15, -0.1) is 0 Å². The van der Waals surface area contributed by atoms with E-state index in [-0.39, 0.29) is 22.8 Å². The Labute approximate surface area is 181 Å². The first kappa shape index (κ1) is 21.8. The zero-order chi connectivity index (χ0) is 22.4. The highest BCUT2D eigenvalue weighted by atomic mass is 16.5. The minimum Gasteiger partial charge on any atom is -0.497 e. The molecule has 1 unspecified atom stereocenters. The lowest BCUT2D eigenvalue weighted by Gasteiger charge is -2.19. The number of benzene rings is 3. The zero-order valence-electron chi connectivity index (χ0n) is 17.6. The summed E-state index contributed by atoms with van der Waals surface area (Å²) in [4.78, 5) is 39.9. The van der Waals surface area contributed by atoms with Crippen LogP contribution in [-0.4, -0.2) is 37.9 Å². The molecule has 0 bridgehead atoms. The largest absolute Gasteiger partial charge is 0.497 e. The van der Waals surface area contributed by atoms with Gasteiger partial charge >= 0.3 is 5.97 Å². The normalized spacial score (nSPS) is 11.3. The molecule has 0 fully saturated rings. The first-order valence-corrected chi connectivity index (χ1v) is 9.73. The zero-order valence-corrected chi connectivity index (χ0v) is 17.6. The quantitative estimate of drug-likeness (QED) is 0.421. The van der Waals surface area contributed by atoms with E-state index in [9.17, 15) is 14.4 Å². The molecule has 0 aromatic heterocycles. The molecule has 3 aromatic carbocycles. The fraction of sp³-hybridized carbons (Fsp3) is 0.160. The Balaban J connectivity index is 1.77. The van der Waals surface area contributed by atoms with Crippen LogP contribution in [-0.2, 0) is 4.74 Å². The number of rotatable bonds is 7. The molecule has 0 aliphatic carbocycles. The van der Waals surface area contributed by atoms with E-state index in [1.54, 1.807) is 61.6 Å². The van der Waals surface area contributed by atoms with E-state index in [0.29, 0.717) is 17.0 Å². The molecule has 6 nitrogen and oxygen atoms in total. The van der Waals surface area contributed by atoms with Gasteiger partial charge in [-0.3, -0.25) is 9.59 Å². The molecule has 0 aliphatic rings. The van der Waals surface area contributed by atoms with Gasteiger partial charge in [-0.25, -0.2) is 4.79 Å². The maximum atomic E-state index is 13.0. The molecule has 0 radical (unpaired) electrons. The highest BCUT2D eigenvalue weighted by molar-refractivity contribution is 6.12. The topological polar surface area (TPSA) is 72.9 Å². The third kappa shape index (κ3) is 4.98. The molecular formula is C25H23NO5. The van der Waals surface area contributed by atoms with E-state index in [1.165, 1.54) is 25.0 Å². The van der Waals surface area contributed by atoms with Crippen LogP contribution in [0.4, 0.5) is 5.69 Å². The predicted octanol–water partition coefficient (Wildman–Crippen LogP) is 4.40. The van der Waals surface area contributed by atoms with Gasteiger partial charge < -0.3 is 14.4 Å². The summed E-state index contributed by atoms with van der Waals surface area (Å²) >= 11 is 0. The molecule has 3 aromatic rings. The number of amides is 1. The fourth-order valence-corrected chi connectivity index (χ4v) is 3.06. The molecule has 6 heteroatoms. The van der Waals surface area contributed by atoms with Crippen molar-refractivity contribution in [1.82, 2.24) is 0 Å². The maximum absolute atomic E-state index is 13.0. The Bertz CT molecular complexity index is 1080. The summed E-state index contributed by atoms with van der Waals surface area (Å²) in [6, 6.07) is 22.0. The average molecular weight is 417 g/mol. The van der Waals surface area contributed by atoms with Gasteiger partial charge in [0.05, 0.1) is 18.2 Å². The number of esters is 1. The second kappa shape index (κ2) is 9.71. The van der Waals surface area contributed by atoms with Crippen LogP contribution in [0.5, 0.6) is 5.75 Å². The van der Waals surface area contributed by atoms with Crippen molar-refractivity contribution in [3.63, 3.8) is 0 Å². The third-order valence-electron chi connectivity index (χ3n) is 4.85. The second-order valence-electron chi connectivity index (χ2n) is 6.89. The SMILES string of the molecule is COc1ccc(C(=O)C(C)OC(=O)c2ccccc2C(=O)N(C)c2ccccc2)cc1. The van der Waals surface area contributed by atoms with E-state index < -0.39 is 12.1 Å². The number of hydrogen-bond donors (Lipinski definition) is 0. The smallest absolute Gasteiger partial charge is 0.339 e. The van der Waals surface area contributed by atoms with Crippen molar-refractivity contribution in [2.24, 2.45) is 0 Å². The molecule has 0 aliphatic heterocycles. The number of nitrogens with zero attached hydrogens (tertiary/aromatic N) is 1. The first-order chi connectivity index (χ1) is 14.9. The lowest BCUT2D eigenvalue weighted by Crippen LogP contribution is -2.29. The summed E-state index contributed by atoms with van der Waals surface area (Å²) in [6.07, 6.45) is -1.02. The van der Waals surface area contributed by atoms with Crippen LogP contribution in [0.1, 0.15) is 38.0 Å². The van der Waals surface area contributed by atoms with Gasteiger partial charge in [-0.05, 0) is 55.5 Å². The third-order valence-corrected chi connectivity index (χ3v) is 4.85. The molecule has 158 valence electrons. The number of Topliss-reactive ketones (excluding diaryl/α,β-unsaturated/α-hetero) is 1. The fourth-order valence-electron chi connectivity index (χ4n) is 3.06. The van der Waals surface area contributed by atoms with Gasteiger partial charge in [0.15, 0.2) is 6.10 Å². The van der Waals surface area contributed by atoms with Gasteiger partial charge in [-0.2, -0.15) is 0 Å². The number of carbonyl (C=O) groups is 3. The van der Waals surface area contributed by atoms with E-state index in [1.807, 2.05) is 18.2 Å². The van der Waals surface area contributed by atoms with Crippen molar-refractivity contribution < 1.29 is 23.9 Å². The Kier molecular flexibility index (Phi) is 6.82. The summed E-state index contributed by atoms with van der Waals surface area (Å²) in [5.41, 5.74) is 1.39. The average Bonchev–Trinajstić information content (AvgIpc) is 2.83. The van der Waals surface area contributed by atoms with Crippen LogP contribution < -0.4 is 9.64 Å². The van der Waals surface area contributed by atoms with Crippen LogP contribution >= 0.6 is 0 Å². The molecule has 0 saturated heterocycles. The maximum Gasteiger partial charge on any atom is 0.339 e. The summed E-state index contributed by atoms with van der Waals surface area (Å²) in [5.74, 6) is -0.815. The number of methoxy groups -OCH3 is 1. The number of anilines is 1. The Morgan fingerprint density at radius 1 is 0.806 bits per heavy atom. The number of para-hydroxylation sites is 1. The van der Waals surface area contributed by atoms with Crippen LogP contribution in [0.3, 0.4) is 0 Å². The van der Waals surface area contributed by atoms with Crippen molar-refractivity contribution in [2.45, 2.75) is 13.0 Å². The molecule has 3 rings (SSSR count). The Morgan fingerprint density at radius 2 is 1.39 bits per heavy atom. The standard InChI is InChI=1S/C25H23NO5/c1-17(23(27)18-13-15-20(30-3)16-14-18)31-25(29)22-12-8-7-11-21(22)24(28)26(2)19-9-5-4-6-10-19/h4-17H,1-3H3. The van der Waals surface area contributed by atoms with Gasteiger partial charge in [0.25, 0.3) is 5.91 Å². The van der Waals surface area contributed by atoms with Crippen LogP contribution in [0.25, 0.3) is 0 Å². The number of ether oxygens (including phenoxy) is 2. The molecule has 0 heterocycles. The van der Waals surface area contributed by atoms with E-state index in [0.717, 1.165) is 0 Å².